The first-order valence-electron chi connectivity index (χ1n) is 6.04. The SMILES string of the molecule is COc1cc(Cl)c(C)cc1NCc1c(Cl)cccc1Cl. The van der Waals surface area contributed by atoms with Gasteiger partial charge in [0, 0.05) is 33.2 Å². The summed E-state index contributed by atoms with van der Waals surface area (Å²) in [7, 11) is 1.61. The first-order valence-corrected chi connectivity index (χ1v) is 7.17. The fraction of sp³-hybridized carbons (Fsp3) is 0.200. The van der Waals surface area contributed by atoms with Gasteiger partial charge in [-0.05, 0) is 30.7 Å². The average molecular weight is 331 g/mol. The third kappa shape index (κ3) is 3.32. The van der Waals surface area contributed by atoms with Gasteiger partial charge in [-0.1, -0.05) is 40.9 Å². The molecule has 0 saturated heterocycles. The molecule has 0 aromatic heterocycles. The molecule has 0 saturated carbocycles. The van der Waals surface area contributed by atoms with Gasteiger partial charge in [-0.2, -0.15) is 0 Å². The maximum absolute atomic E-state index is 6.15. The van der Waals surface area contributed by atoms with Gasteiger partial charge in [-0.25, -0.2) is 0 Å². The summed E-state index contributed by atoms with van der Waals surface area (Å²) in [5.74, 6) is 0.684. The minimum Gasteiger partial charge on any atom is -0.495 e. The lowest BCUT2D eigenvalue weighted by Crippen LogP contribution is -2.03. The van der Waals surface area contributed by atoms with Crippen LogP contribution in [0, 0.1) is 6.92 Å². The number of aryl methyl sites for hydroxylation is 1. The van der Waals surface area contributed by atoms with E-state index in [9.17, 15) is 0 Å². The van der Waals surface area contributed by atoms with Gasteiger partial charge < -0.3 is 10.1 Å². The van der Waals surface area contributed by atoms with Gasteiger partial charge in [0.25, 0.3) is 0 Å². The molecule has 0 fully saturated rings. The molecule has 0 aliphatic rings. The molecule has 0 bridgehead atoms. The van der Waals surface area contributed by atoms with Crippen molar-refractivity contribution in [3.63, 3.8) is 0 Å². The van der Waals surface area contributed by atoms with Crippen LogP contribution >= 0.6 is 34.8 Å². The van der Waals surface area contributed by atoms with Crippen molar-refractivity contribution in [3.8, 4) is 5.75 Å². The Morgan fingerprint density at radius 3 is 2.30 bits per heavy atom. The van der Waals surface area contributed by atoms with Crippen molar-refractivity contribution >= 4 is 40.5 Å². The molecule has 0 spiro atoms. The summed E-state index contributed by atoms with van der Waals surface area (Å²) in [6.07, 6.45) is 0. The number of rotatable bonds is 4. The number of nitrogens with one attached hydrogen (secondary N) is 1. The maximum atomic E-state index is 6.15. The van der Waals surface area contributed by atoms with Gasteiger partial charge in [-0.15, -0.1) is 0 Å². The van der Waals surface area contributed by atoms with E-state index in [1.54, 1.807) is 13.2 Å². The van der Waals surface area contributed by atoms with Crippen molar-refractivity contribution < 1.29 is 4.74 Å². The highest BCUT2D eigenvalue weighted by Crippen LogP contribution is 2.32. The van der Waals surface area contributed by atoms with E-state index in [0.29, 0.717) is 27.4 Å². The van der Waals surface area contributed by atoms with Crippen LogP contribution in [0.2, 0.25) is 15.1 Å². The smallest absolute Gasteiger partial charge is 0.143 e. The van der Waals surface area contributed by atoms with Crippen molar-refractivity contribution in [1.82, 2.24) is 0 Å². The topological polar surface area (TPSA) is 21.3 Å². The Morgan fingerprint density at radius 2 is 1.70 bits per heavy atom. The summed E-state index contributed by atoms with van der Waals surface area (Å²) in [5, 5.41) is 5.22. The van der Waals surface area contributed by atoms with Crippen LogP contribution in [0.1, 0.15) is 11.1 Å². The molecule has 2 rings (SSSR count). The number of halogens is 3. The quantitative estimate of drug-likeness (QED) is 0.790. The van der Waals surface area contributed by atoms with Crippen LogP contribution in [-0.4, -0.2) is 7.11 Å². The maximum Gasteiger partial charge on any atom is 0.143 e. The van der Waals surface area contributed by atoms with E-state index < -0.39 is 0 Å². The van der Waals surface area contributed by atoms with Crippen molar-refractivity contribution in [2.24, 2.45) is 0 Å². The highest BCUT2D eigenvalue weighted by Gasteiger charge is 2.09. The van der Waals surface area contributed by atoms with Crippen LogP contribution < -0.4 is 10.1 Å². The second kappa shape index (κ2) is 6.57. The zero-order chi connectivity index (χ0) is 14.7. The molecule has 106 valence electrons. The zero-order valence-corrected chi connectivity index (χ0v) is 13.4. The van der Waals surface area contributed by atoms with Gasteiger partial charge >= 0.3 is 0 Å². The highest BCUT2D eigenvalue weighted by molar-refractivity contribution is 6.36. The van der Waals surface area contributed by atoms with Gasteiger partial charge in [0.15, 0.2) is 0 Å². The monoisotopic (exact) mass is 329 g/mol. The van der Waals surface area contributed by atoms with Gasteiger partial charge in [0.05, 0.1) is 12.8 Å². The fourth-order valence-electron chi connectivity index (χ4n) is 1.86. The molecule has 0 amide bonds. The van der Waals surface area contributed by atoms with E-state index in [1.807, 2.05) is 31.2 Å². The molecular weight excluding hydrogens is 317 g/mol. The second-order valence-corrected chi connectivity index (χ2v) is 5.58. The molecule has 5 heteroatoms. The molecule has 0 atom stereocenters. The Morgan fingerprint density at radius 1 is 1.05 bits per heavy atom. The lowest BCUT2D eigenvalue weighted by molar-refractivity contribution is 0.416. The Bertz CT molecular complexity index is 609. The van der Waals surface area contributed by atoms with E-state index in [4.69, 9.17) is 39.5 Å². The highest BCUT2D eigenvalue weighted by atomic mass is 35.5. The Balaban J connectivity index is 2.25. The molecule has 2 nitrogen and oxygen atoms in total. The number of hydrogen-bond donors (Lipinski definition) is 1. The number of hydrogen-bond acceptors (Lipinski definition) is 2. The first kappa shape index (κ1) is 15.3. The number of methoxy groups -OCH3 is 1. The minimum absolute atomic E-state index is 0.510. The van der Waals surface area contributed by atoms with Crippen molar-refractivity contribution in [2.45, 2.75) is 13.5 Å². The number of ether oxygens (including phenoxy) is 1. The molecule has 2 aromatic carbocycles. The van der Waals surface area contributed by atoms with Crippen LogP contribution in [0.5, 0.6) is 5.75 Å². The van der Waals surface area contributed by atoms with E-state index >= 15 is 0 Å². The molecular formula is C15H14Cl3NO. The Hall–Kier alpha value is -1.09. The van der Waals surface area contributed by atoms with Crippen LogP contribution in [-0.2, 0) is 6.54 Å². The van der Waals surface area contributed by atoms with E-state index in [1.165, 1.54) is 0 Å². The van der Waals surface area contributed by atoms with Gasteiger partial charge in [0.2, 0.25) is 0 Å². The predicted octanol–water partition coefficient (Wildman–Crippen LogP) is 5.58. The van der Waals surface area contributed by atoms with Crippen molar-refractivity contribution in [3.05, 3.63) is 56.5 Å². The van der Waals surface area contributed by atoms with Crippen LogP contribution in [0.15, 0.2) is 30.3 Å². The van der Waals surface area contributed by atoms with Crippen LogP contribution in [0.4, 0.5) is 5.69 Å². The molecule has 0 unspecified atom stereocenters. The normalized spacial score (nSPS) is 10.4. The van der Waals surface area contributed by atoms with Gasteiger partial charge in [-0.3, -0.25) is 0 Å². The van der Waals surface area contributed by atoms with Crippen LogP contribution in [0.25, 0.3) is 0 Å². The third-order valence-electron chi connectivity index (χ3n) is 3.00. The summed E-state index contributed by atoms with van der Waals surface area (Å²) in [4.78, 5) is 0. The zero-order valence-electron chi connectivity index (χ0n) is 11.1. The molecule has 0 aliphatic heterocycles. The lowest BCUT2D eigenvalue weighted by Gasteiger charge is -2.14. The predicted molar refractivity (Wildman–Crippen MR) is 86.5 cm³/mol. The first-order chi connectivity index (χ1) is 9.52. The number of anilines is 1. The molecule has 0 heterocycles. The van der Waals surface area contributed by atoms with E-state index in [2.05, 4.69) is 5.32 Å². The van der Waals surface area contributed by atoms with Crippen molar-refractivity contribution in [1.29, 1.82) is 0 Å². The largest absolute Gasteiger partial charge is 0.495 e. The van der Waals surface area contributed by atoms with E-state index in [-0.39, 0.29) is 0 Å². The van der Waals surface area contributed by atoms with E-state index in [0.717, 1.165) is 16.8 Å². The molecule has 2 aromatic rings. The minimum atomic E-state index is 0.510. The summed E-state index contributed by atoms with van der Waals surface area (Å²) in [6, 6.07) is 9.17. The third-order valence-corrected chi connectivity index (χ3v) is 4.11. The fourth-order valence-corrected chi connectivity index (χ4v) is 2.54. The summed E-state index contributed by atoms with van der Waals surface area (Å²) >= 11 is 18.4. The summed E-state index contributed by atoms with van der Waals surface area (Å²) in [6.45, 7) is 2.45. The van der Waals surface area contributed by atoms with Crippen LogP contribution in [0.3, 0.4) is 0 Å². The molecule has 0 aliphatic carbocycles. The molecule has 1 N–H and O–H groups in total. The summed E-state index contributed by atoms with van der Waals surface area (Å²) < 4.78 is 5.32. The number of benzene rings is 2. The molecule has 0 radical (unpaired) electrons. The van der Waals surface area contributed by atoms with Crippen molar-refractivity contribution in [2.75, 3.05) is 12.4 Å². The summed E-state index contributed by atoms with van der Waals surface area (Å²) in [5.41, 5.74) is 2.68. The van der Waals surface area contributed by atoms with Gasteiger partial charge in [0.1, 0.15) is 5.75 Å². The standard InChI is InChI=1S/C15H14Cl3NO/c1-9-6-14(15(20-2)7-13(9)18)19-8-10-11(16)4-3-5-12(10)17/h3-7,19H,8H2,1-2H3. The molecule has 20 heavy (non-hydrogen) atoms. The average Bonchev–Trinajstić information content (AvgIpc) is 2.41. The second-order valence-electron chi connectivity index (χ2n) is 4.36. The Labute approximate surface area is 133 Å². The Kier molecular flexibility index (Phi) is 5.03. The lowest BCUT2D eigenvalue weighted by atomic mass is 10.1.